The molecule has 0 spiro atoms. The molecule has 0 radical (unpaired) electrons. The van der Waals surface area contributed by atoms with Crippen molar-refractivity contribution in [3.63, 3.8) is 0 Å². The van der Waals surface area contributed by atoms with Crippen molar-refractivity contribution in [1.29, 1.82) is 5.26 Å². The number of rotatable bonds is 4. The number of nitrogens with zero attached hydrogens (tertiary/aromatic N) is 5. The number of morpholine rings is 1. The smallest absolute Gasteiger partial charge is 0.232 e. The van der Waals surface area contributed by atoms with Crippen LogP contribution in [0.2, 0.25) is 0 Å². The van der Waals surface area contributed by atoms with E-state index >= 15 is 0 Å². The second-order valence-electron chi connectivity index (χ2n) is 6.41. The van der Waals surface area contributed by atoms with Crippen molar-refractivity contribution < 1.29 is 9.84 Å². The van der Waals surface area contributed by atoms with E-state index in [0.29, 0.717) is 43.6 Å². The minimum atomic E-state index is -0.115. The maximum atomic E-state index is 10.9. The molecule has 1 aromatic heterocycles. The number of allylic oxidation sites excluding steroid dienone is 1. The number of benzene rings is 2. The summed E-state index contributed by atoms with van der Waals surface area (Å²) in [5.74, 6) is 0.811. The molecular formula is C21H18IN5O2. The number of aromatic nitrogens is 3. The van der Waals surface area contributed by atoms with E-state index in [1.165, 1.54) is 0 Å². The molecule has 2 aromatic carbocycles. The first kappa shape index (κ1) is 19.4. The number of anilines is 1. The van der Waals surface area contributed by atoms with Crippen molar-refractivity contribution in [1.82, 2.24) is 14.8 Å². The third kappa shape index (κ3) is 3.83. The zero-order valence-electron chi connectivity index (χ0n) is 15.5. The van der Waals surface area contributed by atoms with Gasteiger partial charge < -0.3 is 14.7 Å². The molecule has 3 aromatic rings. The number of aliphatic hydroxyl groups excluding tert-OH is 1. The van der Waals surface area contributed by atoms with E-state index in [9.17, 15) is 10.4 Å². The lowest BCUT2D eigenvalue weighted by molar-refractivity contribution is 0.122. The van der Waals surface area contributed by atoms with Crippen LogP contribution < -0.4 is 4.90 Å². The maximum Gasteiger partial charge on any atom is 0.232 e. The zero-order valence-corrected chi connectivity index (χ0v) is 17.7. The highest BCUT2D eigenvalue weighted by Gasteiger charge is 2.25. The SMILES string of the molecule is N#C/C(=C(/O)c1ccccc1I)c1nnc(N2CCOCC2)n1-c1ccccc1. The molecule has 0 unspecified atom stereocenters. The van der Waals surface area contributed by atoms with Gasteiger partial charge in [0.05, 0.1) is 18.9 Å². The van der Waals surface area contributed by atoms with Crippen LogP contribution in [-0.2, 0) is 4.74 Å². The van der Waals surface area contributed by atoms with Crippen LogP contribution in [0.3, 0.4) is 0 Å². The Hall–Kier alpha value is -2.90. The quantitative estimate of drug-likeness (QED) is 0.335. The minimum absolute atomic E-state index is 0.0741. The molecule has 146 valence electrons. The Bertz CT molecular complexity index is 1080. The lowest BCUT2D eigenvalue weighted by Gasteiger charge is -2.28. The number of aliphatic hydroxyl groups is 1. The van der Waals surface area contributed by atoms with Gasteiger partial charge in [-0.3, -0.25) is 4.57 Å². The highest BCUT2D eigenvalue weighted by molar-refractivity contribution is 14.1. The normalized spacial score (nSPS) is 15.0. The van der Waals surface area contributed by atoms with Crippen molar-refractivity contribution in [2.24, 2.45) is 0 Å². The lowest BCUT2D eigenvalue weighted by atomic mass is 10.1. The Kier molecular flexibility index (Phi) is 5.78. The van der Waals surface area contributed by atoms with E-state index < -0.39 is 0 Å². The fourth-order valence-corrected chi connectivity index (χ4v) is 3.86. The molecule has 2 heterocycles. The van der Waals surface area contributed by atoms with Gasteiger partial charge in [0.25, 0.3) is 0 Å². The van der Waals surface area contributed by atoms with Crippen LogP contribution in [0, 0.1) is 14.9 Å². The molecule has 8 heteroatoms. The minimum Gasteiger partial charge on any atom is -0.506 e. The number of hydrogen-bond acceptors (Lipinski definition) is 6. The molecule has 0 aliphatic carbocycles. The topological polar surface area (TPSA) is 87.2 Å². The Morgan fingerprint density at radius 3 is 2.41 bits per heavy atom. The van der Waals surface area contributed by atoms with Crippen LogP contribution in [0.5, 0.6) is 0 Å². The molecule has 0 saturated carbocycles. The maximum absolute atomic E-state index is 10.9. The fourth-order valence-electron chi connectivity index (χ4n) is 3.22. The van der Waals surface area contributed by atoms with E-state index in [2.05, 4.69) is 43.8 Å². The average Bonchev–Trinajstić information content (AvgIpc) is 3.20. The molecule has 1 aliphatic heterocycles. The third-order valence-corrected chi connectivity index (χ3v) is 5.60. The highest BCUT2D eigenvalue weighted by atomic mass is 127. The van der Waals surface area contributed by atoms with Gasteiger partial charge >= 0.3 is 0 Å². The molecule has 7 nitrogen and oxygen atoms in total. The van der Waals surface area contributed by atoms with Crippen LogP contribution in [-0.4, -0.2) is 46.2 Å². The Morgan fingerprint density at radius 1 is 1.03 bits per heavy atom. The Balaban J connectivity index is 1.91. The average molecular weight is 499 g/mol. The van der Waals surface area contributed by atoms with E-state index in [0.717, 1.165) is 9.26 Å². The first-order chi connectivity index (χ1) is 14.2. The van der Waals surface area contributed by atoms with Gasteiger partial charge in [0.15, 0.2) is 5.82 Å². The fraction of sp³-hybridized carbons (Fsp3) is 0.190. The summed E-state index contributed by atoms with van der Waals surface area (Å²) >= 11 is 2.14. The van der Waals surface area contributed by atoms with Crippen LogP contribution in [0.1, 0.15) is 11.4 Å². The van der Waals surface area contributed by atoms with E-state index in [-0.39, 0.29) is 11.3 Å². The largest absolute Gasteiger partial charge is 0.506 e. The Labute approximate surface area is 182 Å². The summed E-state index contributed by atoms with van der Waals surface area (Å²) in [5.41, 5.74) is 1.47. The van der Waals surface area contributed by atoms with Crippen molar-refractivity contribution in [3.05, 3.63) is 69.6 Å². The number of halogens is 1. The molecule has 0 amide bonds. The van der Waals surface area contributed by atoms with Crippen LogP contribution in [0.4, 0.5) is 5.95 Å². The van der Waals surface area contributed by atoms with Gasteiger partial charge in [-0.2, -0.15) is 5.26 Å². The number of nitriles is 1. The third-order valence-electron chi connectivity index (χ3n) is 4.66. The van der Waals surface area contributed by atoms with Gasteiger partial charge in [0, 0.05) is 22.2 Å². The molecule has 0 atom stereocenters. The predicted octanol–water partition coefficient (Wildman–Crippen LogP) is 3.66. The molecular weight excluding hydrogens is 481 g/mol. The predicted molar refractivity (Wildman–Crippen MR) is 119 cm³/mol. The number of para-hydroxylation sites is 1. The van der Waals surface area contributed by atoms with Crippen molar-refractivity contribution >= 4 is 39.9 Å². The first-order valence-electron chi connectivity index (χ1n) is 9.13. The molecule has 1 saturated heterocycles. The van der Waals surface area contributed by atoms with Crippen molar-refractivity contribution in [2.45, 2.75) is 0 Å². The lowest BCUT2D eigenvalue weighted by Crippen LogP contribution is -2.38. The molecule has 1 aliphatic rings. The van der Waals surface area contributed by atoms with Crippen LogP contribution >= 0.6 is 22.6 Å². The number of ether oxygens (including phenoxy) is 1. The summed E-state index contributed by atoms with van der Waals surface area (Å²) in [4.78, 5) is 2.07. The molecule has 1 fully saturated rings. The Morgan fingerprint density at radius 2 is 1.72 bits per heavy atom. The van der Waals surface area contributed by atoms with Gasteiger partial charge in [0.2, 0.25) is 5.95 Å². The molecule has 29 heavy (non-hydrogen) atoms. The van der Waals surface area contributed by atoms with Gasteiger partial charge in [0.1, 0.15) is 17.4 Å². The monoisotopic (exact) mass is 499 g/mol. The van der Waals surface area contributed by atoms with E-state index in [1.54, 1.807) is 6.07 Å². The molecule has 0 bridgehead atoms. The van der Waals surface area contributed by atoms with Gasteiger partial charge in [-0.05, 0) is 40.8 Å². The summed E-state index contributed by atoms with van der Waals surface area (Å²) in [7, 11) is 0. The second kappa shape index (κ2) is 8.63. The van der Waals surface area contributed by atoms with Crippen molar-refractivity contribution in [3.8, 4) is 11.8 Å². The highest BCUT2D eigenvalue weighted by Crippen LogP contribution is 2.30. The second-order valence-corrected chi connectivity index (χ2v) is 7.57. The summed E-state index contributed by atoms with van der Waals surface area (Å²) < 4.78 is 8.11. The van der Waals surface area contributed by atoms with Crippen molar-refractivity contribution in [2.75, 3.05) is 31.2 Å². The van der Waals surface area contributed by atoms with E-state index in [1.807, 2.05) is 53.1 Å². The van der Waals surface area contributed by atoms with E-state index in [4.69, 9.17) is 4.74 Å². The zero-order chi connectivity index (χ0) is 20.2. The number of hydrogen-bond donors (Lipinski definition) is 1. The summed E-state index contributed by atoms with van der Waals surface area (Å²) in [6.07, 6.45) is 0. The summed E-state index contributed by atoms with van der Waals surface area (Å²) in [6.45, 7) is 2.56. The van der Waals surface area contributed by atoms with Gasteiger partial charge in [-0.15, -0.1) is 10.2 Å². The first-order valence-corrected chi connectivity index (χ1v) is 10.2. The summed E-state index contributed by atoms with van der Waals surface area (Å²) in [5, 5.41) is 29.5. The van der Waals surface area contributed by atoms with Gasteiger partial charge in [-0.1, -0.05) is 36.4 Å². The molecule has 4 rings (SSSR count). The van der Waals surface area contributed by atoms with Gasteiger partial charge in [-0.25, -0.2) is 0 Å². The molecule has 1 N–H and O–H groups in total. The van der Waals surface area contributed by atoms with Crippen LogP contribution in [0.25, 0.3) is 17.0 Å². The van der Waals surface area contributed by atoms with Crippen LogP contribution in [0.15, 0.2) is 54.6 Å². The summed E-state index contributed by atoms with van der Waals surface area (Å²) in [6, 6.07) is 19.1. The standard InChI is InChI=1S/C21H18IN5O2/c22-18-9-5-4-8-16(18)19(28)17(14-23)20-24-25-21(26-10-12-29-13-11-26)27(20)15-6-2-1-3-7-15/h1-9,28H,10-13H2/b19-17-.